The average Bonchev–Trinajstić information content (AvgIpc) is 3.51. The van der Waals surface area contributed by atoms with Crippen LogP contribution in [0.4, 0.5) is 5.69 Å². The highest BCUT2D eigenvalue weighted by Crippen LogP contribution is 2.39. The summed E-state index contributed by atoms with van der Waals surface area (Å²) < 4.78 is 18.5. The highest BCUT2D eigenvalue weighted by atomic mass is 16.6. The molecular weight excluding hydrogens is 650 g/mol. The van der Waals surface area contributed by atoms with E-state index in [4.69, 9.17) is 24.9 Å². The summed E-state index contributed by atoms with van der Waals surface area (Å²) in [7, 11) is 4.71. The number of aryl methyl sites for hydroxylation is 1. The Labute approximate surface area is 297 Å². The number of hydrogen-bond acceptors (Lipinski definition) is 10. The van der Waals surface area contributed by atoms with Crippen molar-refractivity contribution in [2.75, 3.05) is 39.7 Å². The van der Waals surface area contributed by atoms with E-state index in [1.807, 2.05) is 39.1 Å². The minimum atomic E-state index is -1.08. The van der Waals surface area contributed by atoms with Crippen molar-refractivity contribution in [3.63, 3.8) is 0 Å². The van der Waals surface area contributed by atoms with Gasteiger partial charge in [0, 0.05) is 47.3 Å². The van der Waals surface area contributed by atoms with E-state index in [2.05, 4.69) is 10.6 Å². The molecule has 0 fully saturated rings. The Balaban J connectivity index is 1.45. The lowest BCUT2D eigenvalue weighted by molar-refractivity contribution is -0.149. The number of nitrogens with two attached hydrogens (primary N) is 1. The van der Waals surface area contributed by atoms with Crippen molar-refractivity contribution in [2.24, 2.45) is 11.7 Å². The molecule has 1 amide bonds. The molecule has 4 aromatic rings. The lowest BCUT2D eigenvalue weighted by atomic mass is 9.93. The van der Waals surface area contributed by atoms with Crippen LogP contribution in [0, 0.1) is 5.92 Å². The fraction of sp³-hybridized carbons (Fsp3) is 0.410. The van der Waals surface area contributed by atoms with Crippen LogP contribution in [0.3, 0.4) is 0 Å². The van der Waals surface area contributed by atoms with Crippen molar-refractivity contribution in [3.05, 3.63) is 86.7 Å². The molecule has 0 saturated heterocycles. The minimum Gasteiger partial charge on any atom is -0.474 e. The maximum atomic E-state index is 13.8. The number of carbonyl (C=O) groups excluding carboxylic acids is 3. The van der Waals surface area contributed by atoms with Gasteiger partial charge in [-0.2, -0.15) is 0 Å². The topological polar surface area (TPSA) is 164 Å². The number of anilines is 1. The summed E-state index contributed by atoms with van der Waals surface area (Å²) in [5, 5.41) is 6.84. The number of methoxy groups -OCH3 is 2. The molecule has 1 aliphatic rings. The molecule has 0 bridgehead atoms. The van der Waals surface area contributed by atoms with Crippen LogP contribution >= 0.6 is 0 Å². The Morgan fingerprint density at radius 2 is 1.84 bits per heavy atom. The quantitative estimate of drug-likeness (QED) is 0.0709. The van der Waals surface area contributed by atoms with Gasteiger partial charge in [-0.3, -0.25) is 9.59 Å². The van der Waals surface area contributed by atoms with Crippen molar-refractivity contribution in [2.45, 2.75) is 64.7 Å². The van der Waals surface area contributed by atoms with Gasteiger partial charge in [0.2, 0.25) is 12.0 Å². The Bertz CT molecular complexity index is 1960. The number of benzene rings is 2. The Hall–Kier alpha value is -4.91. The fourth-order valence-corrected chi connectivity index (χ4v) is 6.80. The van der Waals surface area contributed by atoms with Crippen LogP contribution in [0.1, 0.15) is 72.9 Å². The molecular formula is C39H47N5O7. The van der Waals surface area contributed by atoms with E-state index in [0.29, 0.717) is 70.8 Å². The molecule has 12 heteroatoms. The van der Waals surface area contributed by atoms with Gasteiger partial charge in [0.25, 0.3) is 5.56 Å². The lowest BCUT2D eigenvalue weighted by Gasteiger charge is -2.19. The first-order chi connectivity index (χ1) is 24.7. The number of aldehydes is 1. The van der Waals surface area contributed by atoms with E-state index in [1.54, 1.807) is 34.9 Å². The van der Waals surface area contributed by atoms with Crippen molar-refractivity contribution in [1.82, 2.24) is 14.9 Å². The van der Waals surface area contributed by atoms with E-state index in [1.165, 1.54) is 14.2 Å². The molecule has 1 aliphatic heterocycles. The van der Waals surface area contributed by atoms with Crippen LogP contribution in [0.2, 0.25) is 0 Å². The molecule has 0 radical (unpaired) electrons. The highest BCUT2D eigenvalue weighted by Gasteiger charge is 2.30. The molecule has 51 heavy (non-hydrogen) atoms. The number of pyridine rings is 2. The predicted octanol–water partition coefficient (Wildman–Crippen LogP) is 4.63. The van der Waals surface area contributed by atoms with Crippen LogP contribution in [-0.2, 0) is 43.4 Å². The normalized spacial score (nSPS) is 13.6. The molecule has 2 aromatic carbocycles. The third-order valence-electron chi connectivity index (χ3n) is 9.60. The zero-order valence-corrected chi connectivity index (χ0v) is 29.9. The van der Waals surface area contributed by atoms with Crippen LogP contribution in [0.25, 0.3) is 22.3 Å². The smallest absolute Gasteiger partial charge is 0.351 e. The molecule has 12 nitrogen and oxygen atoms in total. The van der Waals surface area contributed by atoms with Crippen molar-refractivity contribution in [3.8, 4) is 17.1 Å². The predicted molar refractivity (Wildman–Crippen MR) is 196 cm³/mol. The molecule has 0 spiro atoms. The standard InChI is InChI=1S/C39H47N5O7/c1-6-23(21-45)29-18-34-35-31(20-44(34)38(47)32(29)22-49-4)28(7-2)30-17-27(14-15-33(30)43-35)51-36(39(48)50-5)24-10-12-26(13-11-24)42-37(46)25(19-40)9-8-16-41-3/h10-15,17-18,21,23,25,36,41H,6-9,16,19-20,22,40H2,1-5H3,(H,42,46). The molecule has 4 N–H and O–H groups in total. The Morgan fingerprint density at radius 1 is 1.08 bits per heavy atom. The van der Waals surface area contributed by atoms with Gasteiger partial charge in [-0.25, -0.2) is 9.78 Å². The molecule has 5 rings (SSSR count). The molecule has 3 unspecified atom stereocenters. The number of carbonyl (C=O) groups is 3. The number of nitrogens with zero attached hydrogens (tertiary/aromatic N) is 2. The van der Waals surface area contributed by atoms with Crippen molar-refractivity contribution in [1.29, 1.82) is 0 Å². The largest absolute Gasteiger partial charge is 0.474 e. The van der Waals surface area contributed by atoms with E-state index in [-0.39, 0.29) is 30.5 Å². The summed E-state index contributed by atoms with van der Waals surface area (Å²) in [6.45, 7) is 5.46. The van der Waals surface area contributed by atoms with Crippen LogP contribution in [-0.4, -0.2) is 62.1 Å². The molecule has 3 heterocycles. The SMILES string of the molecule is CCc1c2c(nc3ccc(OC(C(=O)OC)c4ccc(NC(=O)C(CN)CCCNC)cc4)cc13)-c1cc(C(C=O)CC)c(COC)c(=O)n1C2. The van der Waals surface area contributed by atoms with Gasteiger partial charge in [-0.15, -0.1) is 0 Å². The monoisotopic (exact) mass is 697 g/mol. The summed E-state index contributed by atoms with van der Waals surface area (Å²) in [6, 6.07) is 14.2. The number of rotatable bonds is 17. The number of esters is 1. The van der Waals surface area contributed by atoms with Gasteiger partial charge >= 0.3 is 5.97 Å². The first-order valence-electron chi connectivity index (χ1n) is 17.4. The van der Waals surface area contributed by atoms with E-state index >= 15 is 0 Å². The first-order valence-corrected chi connectivity index (χ1v) is 17.4. The highest BCUT2D eigenvalue weighted by molar-refractivity contribution is 5.93. The maximum absolute atomic E-state index is 13.8. The number of fused-ring (bicyclic) bond motifs is 4. The summed E-state index contributed by atoms with van der Waals surface area (Å²) in [5.41, 5.74) is 12.0. The number of ether oxygens (including phenoxy) is 3. The van der Waals surface area contributed by atoms with E-state index in [9.17, 15) is 19.2 Å². The average molecular weight is 698 g/mol. The van der Waals surface area contributed by atoms with Gasteiger partial charge in [0.05, 0.1) is 43.1 Å². The minimum absolute atomic E-state index is 0.108. The van der Waals surface area contributed by atoms with E-state index in [0.717, 1.165) is 35.8 Å². The molecule has 3 atom stereocenters. The fourth-order valence-electron chi connectivity index (χ4n) is 6.80. The molecule has 0 aliphatic carbocycles. The van der Waals surface area contributed by atoms with Crippen LogP contribution in [0.15, 0.2) is 53.3 Å². The zero-order chi connectivity index (χ0) is 36.7. The summed E-state index contributed by atoms with van der Waals surface area (Å²) in [6.07, 6.45) is 2.53. The maximum Gasteiger partial charge on any atom is 0.351 e. The van der Waals surface area contributed by atoms with Crippen molar-refractivity contribution < 1.29 is 28.6 Å². The number of hydrogen-bond donors (Lipinski definition) is 3. The second kappa shape index (κ2) is 16.9. The number of aromatic nitrogens is 2. The number of amides is 1. The summed E-state index contributed by atoms with van der Waals surface area (Å²) in [5.74, 6) is -1.03. The van der Waals surface area contributed by atoms with Gasteiger partial charge in [-0.05, 0) is 86.8 Å². The number of nitrogens with one attached hydrogen (secondary N) is 2. The Kier molecular flexibility index (Phi) is 12.4. The first kappa shape index (κ1) is 37.3. The third kappa shape index (κ3) is 7.73. The van der Waals surface area contributed by atoms with Crippen LogP contribution in [0.5, 0.6) is 5.75 Å². The summed E-state index contributed by atoms with van der Waals surface area (Å²) >= 11 is 0. The van der Waals surface area contributed by atoms with Crippen molar-refractivity contribution >= 4 is 34.8 Å². The lowest BCUT2D eigenvalue weighted by Crippen LogP contribution is -2.30. The molecule has 2 aromatic heterocycles. The Morgan fingerprint density at radius 3 is 2.47 bits per heavy atom. The van der Waals surface area contributed by atoms with Gasteiger partial charge in [-0.1, -0.05) is 26.0 Å². The van der Waals surface area contributed by atoms with Gasteiger partial charge in [0.15, 0.2) is 0 Å². The third-order valence-corrected chi connectivity index (χ3v) is 9.60. The second-order valence-electron chi connectivity index (χ2n) is 12.7. The van der Waals surface area contributed by atoms with Crippen LogP contribution < -0.4 is 26.7 Å². The van der Waals surface area contributed by atoms with Gasteiger partial charge < -0.3 is 39.9 Å². The second-order valence-corrected chi connectivity index (χ2v) is 12.7. The van der Waals surface area contributed by atoms with E-state index < -0.39 is 18.0 Å². The molecule has 270 valence electrons. The molecule has 0 saturated carbocycles. The van der Waals surface area contributed by atoms with Gasteiger partial charge in [0.1, 0.15) is 12.0 Å². The zero-order valence-electron chi connectivity index (χ0n) is 29.9. The summed E-state index contributed by atoms with van der Waals surface area (Å²) in [4.78, 5) is 56.6.